The lowest BCUT2D eigenvalue weighted by Crippen LogP contribution is -2.48. The number of carbonyl (C=O) groups excluding carboxylic acids is 2. The molecule has 98 valence electrons. The molecule has 0 bridgehead atoms. The average Bonchev–Trinajstić information content (AvgIpc) is 2.39. The van der Waals surface area contributed by atoms with Crippen molar-refractivity contribution in [3.63, 3.8) is 0 Å². The summed E-state index contributed by atoms with van der Waals surface area (Å²) < 4.78 is 10.2. The molecule has 0 aromatic heterocycles. The summed E-state index contributed by atoms with van der Waals surface area (Å²) >= 11 is 0. The molecule has 0 aliphatic heterocycles. The van der Waals surface area contributed by atoms with Crippen molar-refractivity contribution in [1.82, 2.24) is 0 Å². The van der Waals surface area contributed by atoms with E-state index in [2.05, 4.69) is 4.74 Å². The third-order valence-corrected chi connectivity index (χ3v) is 3.71. The fourth-order valence-corrected chi connectivity index (χ4v) is 2.59. The van der Waals surface area contributed by atoms with Crippen LogP contribution in [0, 0.1) is 5.92 Å². The lowest BCUT2D eigenvalue weighted by Gasteiger charge is -2.36. The second-order valence-corrected chi connectivity index (χ2v) is 4.61. The minimum atomic E-state index is -0.757. The molecule has 0 radical (unpaired) electrons. The van der Waals surface area contributed by atoms with Gasteiger partial charge in [-0.2, -0.15) is 0 Å². The highest BCUT2D eigenvalue weighted by Crippen LogP contribution is 2.34. The van der Waals surface area contributed by atoms with Crippen LogP contribution in [0.5, 0.6) is 0 Å². The van der Waals surface area contributed by atoms with E-state index in [1.165, 1.54) is 7.11 Å². The minimum absolute atomic E-state index is 0.103. The molecular weight excluding hydrogens is 220 g/mol. The quantitative estimate of drug-likeness (QED) is 0.547. The molecular formula is C13H22O4. The Balaban J connectivity index is 2.86. The molecule has 1 aliphatic carbocycles. The maximum Gasteiger partial charge on any atom is 0.316 e. The van der Waals surface area contributed by atoms with E-state index in [1.54, 1.807) is 7.11 Å². The summed E-state index contributed by atoms with van der Waals surface area (Å²) in [5.74, 6) is -1.23. The minimum Gasteiger partial charge on any atom is -0.468 e. The Morgan fingerprint density at radius 3 is 2.18 bits per heavy atom. The molecule has 1 saturated carbocycles. The third kappa shape index (κ3) is 2.86. The Bertz CT molecular complexity index is 279. The van der Waals surface area contributed by atoms with Crippen LogP contribution >= 0.6 is 0 Å². The lowest BCUT2D eigenvalue weighted by molar-refractivity contribution is -0.160. The van der Waals surface area contributed by atoms with Gasteiger partial charge in [0.15, 0.2) is 5.78 Å². The van der Waals surface area contributed by atoms with Crippen LogP contribution in [0.4, 0.5) is 0 Å². The van der Waals surface area contributed by atoms with Crippen LogP contribution in [0.15, 0.2) is 0 Å². The first-order chi connectivity index (χ1) is 8.11. The van der Waals surface area contributed by atoms with Gasteiger partial charge in [-0.3, -0.25) is 9.59 Å². The van der Waals surface area contributed by atoms with E-state index in [0.29, 0.717) is 6.42 Å². The van der Waals surface area contributed by atoms with Crippen molar-refractivity contribution in [2.45, 2.75) is 51.0 Å². The van der Waals surface area contributed by atoms with Gasteiger partial charge < -0.3 is 9.47 Å². The summed E-state index contributed by atoms with van der Waals surface area (Å²) in [7, 11) is 2.88. The number of hydrogen-bond donors (Lipinski definition) is 0. The Labute approximate surface area is 103 Å². The summed E-state index contributed by atoms with van der Waals surface area (Å²) in [5, 5.41) is 0. The summed E-state index contributed by atoms with van der Waals surface area (Å²) in [5.41, 5.74) is -0.757. The predicted molar refractivity (Wildman–Crippen MR) is 63.6 cm³/mol. The van der Waals surface area contributed by atoms with Crippen molar-refractivity contribution in [1.29, 1.82) is 0 Å². The smallest absolute Gasteiger partial charge is 0.316 e. The Kier molecular flexibility index (Phi) is 5.12. The van der Waals surface area contributed by atoms with Gasteiger partial charge in [-0.1, -0.05) is 26.2 Å². The maximum absolute atomic E-state index is 12.5. The zero-order valence-electron chi connectivity index (χ0n) is 11.0. The molecule has 0 aromatic carbocycles. The SMILES string of the molecule is CCC(C(=O)OC)C(=O)C1(OC)CCCCC1. The highest BCUT2D eigenvalue weighted by Gasteiger charge is 2.44. The predicted octanol–water partition coefficient (Wildman–Crippen LogP) is 2.10. The third-order valence-electron chi connectivity index (χ3n) is 3.71. The van der Waals surface area contributed by atoms with Crippen molar-refractivity contribution in [2.75, 3.05) is 14.2 Å². The fraction of sp³-hybridized carbons (Fsp3) is 0.846. The van der Waals surface area contributed by atoms with Gasteiger partial charge >= 0.3 is 5.97 Å². The number of methoxy groups -OCH3 is 2. The Hall–Kier alpha value is -0.900. The zero-order chi connectivity index (χ0) is 12.9. The molecule has 1 unspecified atom stereocenters. The Morgan fingerprint density at radius 1 is 1.18 bits per heavy atom. The first-order valence-corrected chi connectivity index (χ1v) is 6.28. The highest BCUT2D eigenvalue weighted by molar-refractivity contribution is 6.03. The first kappa shape index (κ1) is 14.2. The van der Waals surface area contributed by atoms with Crippen LogP contribution in [-0.2, 0) is 19.1 Å². The van der Waals surface area contributed by atoms with E-state index in [1.807, 2.05) is 6.92 Å². The van der Waals surface area contributed by atoms with Gasteiger partial charge in [0, 0.05) is 7.11 Å². The number of ether oxygens (including phenoxy) is 2. The number of ketones is 1. The Morgan fingerprint density at radius 2 is 1.76 bits per heavy atom. The lowest BCUT2D eigenvalue weighted by atomic mass is 9.76. The normalized spacial score (nSPS) is 20.6. The van der Waals surface area contributed by atoms with Gasteiger partial charge in [0.2, 0.25) is 0 Å². The van der Waals surface area contributed by atoms with E-state index in [-0.39, 0.29) is 5.78 Å². The summed E-state index contributed by atoms with van der Waals surface area (Å²) in [6.07, 6.45) is 5.00. The molecule has 0 amide bonds. The zero-order valence-corrected chi connectivity index (χ0v) is 11.0. The van der Waals surface area contributed by atoms with Crippen LogP contribution in [0.25, 0.3) is 0 Å². The van der Waals surface area contributed by atoms with Gasteiger partial charge in [-0.15, -0.1) is 0 Å². The van der Waals surface area contributed by atoms with Crippen LogP contribution in [0.2, 0.25) is 0 Å². The number of rotatable bonds is 5. The van der Waals surface area contributed by atoms with Gasteiger partial charge in [0.05, 0.1) is 7.11 Å². The summed E-state index contributed by atoms with van der Waals surface area (Å²) in [6.45, 7) is 1.83. The van der Waals surface area contributed by atoms with E-state index in [4.69, 9.17) is 4.74 Å². The van der Waals surface area contributed by atoms with Crippen LogP contribution in [0.1, 0.15) is 45.4 Å². The van der Waals surface area contributed by atoms with Crippen LogP contribution < -0.4 is 0 Å². The molecule has 0 aromatic rings. The van der Waals surface area contributed by atoms with Crippen molar-refractivity contribution < 1.29 is 19.1 Å². The standard InChI is InChI=1S/C13H22O4/c1-4-10(12(15)16-2)11(14)13(17-3)8-6-5-7-9-13/h10H,4-9H2,1-3H3. The summed E-state index contributed by atoms with van der Waals surface area (Å²) in [6, 6.07) is 0. The fourth-order valence-electron chi connectivity index (χ4n) is 2.59. The van der Waals surface area contributed by atoms with Crippen molar-refractivity contribution >= 4 is 11.8 Å². The van der Waals surface area contributed by atoms with Crippen LogP contribution in [0.3, 0.4) is 0 Å². The van der Waals surface area contributed by atoms with E-state index >= 15 is 0 Å². The molecule has 1 rings (SSSR count). The van der Waals surface area contributed by atoms with Crippen molar-refractivity contribution in [2.24, 2.45) is 5.92 Å². The van der Waals surface area contributed by atoms with Gasteiger partial charge in [-0.05, 0) is 19.3 Å². The molecule has 17 heavy (non-hydrogen) atoms. The summed E-state index contributed by atoms with van der Waals surface area (Å²) in [4.78, 5) is 24.0. The average molecular weight is 242 g/mol. The van der Waals surface area contributed by atoms with Crippen LogP contribution in [-0.4, -0.2) is 31.6 Å². The van der Waals surface area contributed by atoms with Crippen molar-refractivity contribution in [3.8, 4) is 0 Å². The molecule has 1 aliphatic rings. The molecule has 0 N–H and O–H groups in total. The molecule has 0 spiro atoms. The van der Waals surface area contributed by atoms with E-state index in [0.717, 1.165) is 32.1 Å². The monoisotopic (exact) mass is 242 g/mol. The largest absolute Gasteiger partial charge is 0.468 e. The molecule has 1 atom stereocenters. The van der Waals surface area contributed by atoms with Gasteiger partial charge in [-0.25, -0.2) is 0 Å². The maximum atomic E-state index is 12.5. The van der Waals surface area contributed by atoms with Crippen molar-refractivity contribution in [3.05, 3.63) is 0 Å². The first-order valence-electron chi connectivity index (χ1n) is 6.28. The second kappa shape index (κ2) is 6.15. The number of carbonyl (C=O) groups is 2. The molecule has 0 saturated heterocycles. The van der Waals surface area contributed by atoms with E-state index in [9.17, 15) is 9.59 Å². The van der Waals surface area contributed by atoms with Gasteiger partial charge in [0.1, 0.15) is 11.5 Å². The molecule has 0 heterocycles. The second-order valence-electron chi connectivity index (χ2n) is 4.61. The van der Waals surface area contributed by atoms with E-state index < -0.39 is 17.5 Å². The number of hydrogen-bond acceptors (Lipinski definition) is 4. The van der Waals surface area contributed by atoms with Gasteiger partial charge in [0.25, 0.3) is 0 Å². The molecule has 1 fully saturated rings. The number of esters is 1. The molecule has 4 nitrogen and oxygen atoms in total. The topological polar surface area (TPSA) is 52.6 Å². The molecule has 4 heteroatoms. The number of Topliss-reactive ketones (excluding diaryl/α,β-unsaturated/α-hetero) is 1. The highest BCUT2D eigenvalue weighted by atomic mass is 16.5.